The summed E-state index contributed by atoms with van der Waals surface area (Å²) in [5, 5.41) is 12.3. The van der Waals surface area contributed by atoms with Crippen molar-refractivity contribution in [2.45, 2.75) is 6.61 Å². The van der Waals surface area contributed by atoms with Crippen LogP contribution in [0.25, 0.3) is 6.08 Å². The van der Waals surface area contributed by atoms with Crippen molar-refractivity contribution in [3.63, 3.8) is 0 Å². The molecular weight excluding hydrogens is 450 g/mol. The molecule has 1 heterocycles. The van der Waals surface area contributed by atoms with E-state index in [4.69, 9.17) is 4.74 Å². The van der Waals surface area contributed by atoms with E-state index in [1.54, 1.807) is 24.3 Å². The van der Waals surface area contributed by atoms with E-state index in [0.717, 1.165) is 9.38 Å². The van der Waals surface area contributed by atoms with E-state index in [0.29, 0.717) is 23.6 Å². The summed E-state index contributed by atoms with van der Waals surface area (Å²) in [6.45, 7) is 0.441. The van der Waals surface area contributed by atoms with Crippen molar-refractivity contribution >= 4 is 40.3 Å². The number of benzene rings is 3. The normalized spacial score (nSPS) is 16.9. The molecule has 0 N–H and O–H groups in total. The predicted octanol–water partition coefficient (Wildman–Crippen LogP) is 4.43. The van der Waals surface area contributed by atoms with Gasteiger partial charge in [-0.15, -0.1) is 0 Å². The third kappa shape index (κ3) is 4.62. The smallest absolute Gasteiger partial charge is 0.269 e. The minimum absolute atomic E-state index is 0.0404. The van der Waals surface area contributed by atoms with Crippen molar-refractivity contribution in [2.75, 3.05) is 11.6 Å². The minimum Gasteiger partial charge on any atom is -0.489 e. The molecule has 0 saturated carbocycles. The highest BCUT2D eigenvalue weighted by Gasteiger charge is 2.39. The molecular formula is C22H19N3O5S2. The first-order valence-electron chi connectivity index (χ1n) is 9.58. The fourth-order valence-electron chi connectivity index (χ4n) is 3.20. The average Bonchev–Trinajstić information content (AvgIpc) is 3.02. The van der Waals surface area contributed by atoms with Crippen LogP contribution in [0, 0.1) is 10.1 Å². The monoisotopic (exact) mass is 469 g/mol. The van der Waals surface area contributed by atoms with E-state index in [1.165, 1.54) is 29.3 Å². The van der Waals surface area contributed by atoms with Crippen molar-refractivity contribution in [1.82, 2.24) is 3.82 Å². The Kier molecular flexibility index (Phi) is 6.17. The Morgan fingerprint density at radius 3 is 2.44 bits per heavy atom. The zero-order valence-corrected chi connectivity index (χ0v) is 18.4. The van der Waals surface area contributed by atoms with Crippen LogP contribution in [0.4, 0.5) is 11.4 Å². The van der Waals surface area contributed by atoms with Crippen LogP contribution in [0.1, 0.15) is 11.1 Å². The SMILES string of the molecule is O=[N+]([O-])c1ccc(N2C/C(=C/c3cccc(OCc4ccccc4)c3)S(=O)(=O)N2S)cc1. The molecule has 0 bridgehead atoms. The molecule has 0 unspecified atom stereocenters. The molecule has 10 heteroatoms. The van der Waals surface area contributed by atoms with Crippen molar-refractivity contribution < 1.29 is 18.1 Å². The van der Waals surface area contributed by atoms with Crippen LogP contribution in [-0.4, -0.2) is 23.7 Å². The highest BCUT2D eigenvalue weighted by atomic mass is 32.3. The van der Waals surface area contributed by atoms with Gasteiger partial charge in [-0.1, -0.05) is 59.1 Å². The van der Waals surface area contributed by atoms with Gasteiger partial charge in [-0.25, -0.2) is 8.42 Å². The topological polar surface area (TPSA) is 93.0 Å². The second-order valence-electron chi connectivity index (χ2n) is 7.02. The van der Waals surface area contributed by atoms with Gasteiger partial charge in [0.15, 0.2) is 0 Å². The molecule has 8 nitrogen and oxygen atoms in total. The Balaban J connectivity index is 1.55. The quantitative estimate of drug-likeness (QED) is 0.326. The maximum absolute atomic E-state index is 12.9. The van der Waals surface area contributed by atoms with Crippen LogP contribution in [0.15, 0.2) is 83.8 Å². The third-order valence-corrected chi connectivity index (χ3v) is 7.25. The van der Waals surface area contributed by atoms with E-state index in [2.05, 4.69) is 12.8 Å². The zero-order valence-electron chi connectivity index (χ0n) is 16.7. The number of non-ortho nitro benzene ring substituents is 1. The lowest BCUT2D eigenvalue weighted by atomic mass is 10.2. The molecule has 0 spiro atoms. The van der Waals surface area contributed by atoms with Gasteiger partial charge in [0.1, 0.15) is 12.4 Å². The standard InChI is InChI=1S/C22H19N3O5S2/c26-24(27)20-11-9-19(10-12-20)23-15-22(32(28,29)25(23)31)14-18-7-4-8-21(13-18)30-16-17-5-2-1-3-6-17/h1-14,31H,15-16H2/b22-14-. The summed E-state index contributed by atoms with van der Waals surface area (Å²) in [7, 11) is -3.85. The van der Waals surface area contributed by atoms with Crippen molar-refractivity contribution in [2.24, 2.45) is 0 Å². The number of hydrogen-bond acceptors (Lipinski definition) is 7. The largest absolute Gasteiger partial charge is 0.489 e. The molecule has 32 heavy (non-hydrogen) atoms. The minimum atomic E-state index is -3.85. The molecule has 0 aliphatic carbocycles. The average molecular weight is 470 g/mol. The molecule has 3 aromatic carbocycles. The Morgan fingerprint density at radius 2 is 1.75 bits per heavy atom. The van der Waals surface area contributed by atoms with E-state index in [9.17, 15) is 18.5 Å². The van der Waals surface area contributed by atoms with Crippen LogP contribution >= 0.6 is 12.8 Å². The van der Waals surface area contributed by atoms with E-state index < -0.39 is 14.9 Å². The van der Waals surface area contributed by atoms with Gasteiger partial charge in [-0.2, -0.15) is 0 Å². The summed E-state index contributed by atoms with van der Waals surface area (Å²) in [4.78, 5) is 10.5. The number of ether oxygens (including phenoxy) is 1. The fourth-order valence-corrected chi connectivity index (χ4v) is 4.87. The maximum Gasteiger partial charge on any atom is 0.269 e. The van der Waals surface area contributed by atoms with Gasteiger partial charge in [-0.3, -0.25) is 15.1 Å². The van der Waals surface area contributed by atoms with Gasteiger partial charge in [0, 0.05) is 12.1 Å². The Morgan fingerprint density at radius 1 is 1.03 bits per heavy atom. The van der Waals surface area contributed by atoms with Crippen molar-refractivity contribution in [3.05, 3.63) is 105 Å². The summed E-state index contributed by atoms with van der Waals surface area (Å²) in [5.74, 6) is 0.619. The molecule has 1 aliphatic heterocycles. The Hall–Kier alpha value is -3.34. The molecule has 1 aliphatic rings. The highest BCUT2D eigenvalue weighted by molar-refractivity contribution is 8.02. The summed E-state index contributed by atoms with van der Waals surface area (Å²) < 4.78 is 32.4. The first-order valence-corrected chi connectivity index (χ1v) is 11.4. The highest BCUT2D eigenvalue weighted by Crippen LogP contribution is 2.34. The summed E-state index contributed by atoms with van der Waals surface area (Å²) >= 11 is 4.14. The number of rotatable bonds is 6. The predicted molar refractivity (Wildman–Crippen MR) is 125 cm³/mol. The van der Waals surface area contributed by atoms with Crippen LogP contribution in [0.2, 0.25) is 0 Å². The Labute approximate surface area is 191 Å². The van der Waals surface area contributed by atoms with Gasteiger partial charge in [-0.05, 0) is 41.5 Å². The van der Waals surface area contributed by atoms with E-state index in [-0.39, 0.29) is 17.1 Å². The second kappa shape index (κ2) is 9.03. The fraction of sp³-hybridized carbons (Fsp3) is 0.0909. The van der Waals surface area contributed by atoms with Crippen LogP contribution in [0.3, 0.4) is 0 Å². The lowest BCUT2D eigenvalue weighted by molar-refractivity contribution is -0.384. The number of thiol groups is 1. The first-order chi connectivity index (χ1) is 15.3. The third-order valence-electron chi connectivity index (χ3n) is 4.85. The number of hydrazine groups is 1. The molecule has 4 rings (SSSR count). The number of anilines is 1. The van der Waals surface area contributed by atoms with Gasteiger partial charge in [0.05, 0.1) is 22.1 Å². The molecule has 0 amide bonds. The van der Waals surface area contributed by atoms with Crippen molar-refractivity contribution in [1.29, 1.82) is 0 Å². The zero-order chi connectivity index (χ0) is 22.7. The number of nitrogens with zero attached hydrogens (tertiary/aromatic N) is 3. The molecule has 1 fully saturated rings. The Bertz CT molecular complexity index is 1260. The first kappa shape index (κ1) is 21.9. The molecule has 3 aromatic rings. The van der Waals surface area contributed by atoms with E-state index >= 15 is 0 Å². The molecule has 0 radical (unpaired) electrons. The van der Waals surface area contributed by atoms with Gasteiger partial charge < -0.3 is 4.74 Å². The van der Waals surface area contributed by atoms with Gasteiger partial charge in [0.25, 0.3) is 15.7 Å². The van der Waals surface area contributed by atoms with Crippen LogP contribution < -0.4 is 9.75 Å². The number of hydrogen-bond donors (Lipinski definition) is 1. The maximum atomic E-state index is 12.9. The second-order valence-corrected chi connectivity index (χ2v) is 9.49. The molecule has 0 atom stereocenters. The summed E-state index contributed by atoms with van der Waals surface area (Å²) in [6, 6.07) is 22.5. The van der Waals surface area contributed by atoms with Gasteiger partial charge in [0.2, 0.25) is 0 Å². The summed E-state index contributed by atoms with van der Waals surface area (Å²) in [5.41, 5.74) is 2.09. The van der Waals surface area contributed by atoms with Gasteiger partial charge >= 0.3 is 0 Å². The molecule has 164 valence electrons. The van der Waals surface area contributed by atoms with E-state index in [1.807, 2.05) is 36.4 Å². The number of nitro benzene ring substituents is 1. The lowest BCUT2D eigenvalue weighted by Crippen LogP contribution is -2.31. The molecule has 1 saturated heterocycles. The van der Waals surface area contributed by atoms with Crippen LogP contribution in [-0.2, 0) is 16.6 Å². The number of sulfonamides is 1. The lowest BCUT2D eigenvalue weighted by Gasteiger charge is -2.21. The van der Waals surface area contributed by atoms with Crippen molar-refractivity contribution in [3.8, 4) is 5.75 Å². The molecule has 0 aromatic heterocycles. The van der Waals surface area contributed by atoms with Crippen LogP contribution in [0.5, 0.6) is 5.75 Å². The number of nitro groups is 1. The summed E-state index contributed by atoms with van der Waals surface area (Å²) in [6.07, 6.45) is 1.57.